The second kappa shape index (κ2) is 3.09. The lowest BCUT2D eigenvalue weighted by atomic mass is 9.97. The zero-order valence-corrected chi connectivity index (χ0v) is 8.03. The highest BCUT2D eigenvalue weighted by Crippen LogP contribution is 2.46. The molecule has 0 aromatic carbocycles. The van der Waals surface area contributed by atoms with Gasteiger partial charge in [-0.1, -0.05) is 6.92 Å². The van der Waals surface area contributed by atoms with E-state index in [-0.39, 0.29) is 18.6 Å². The van der Waals surface area contributed by atoms with Gasteiger partial charge in [0, 0.05) is 6.04 Å². The molecule has 66 valence electrons. The molecular weight excluding hydrogens is 183 g/mol. The van der Waals surface area contributed by atoms with Crippen LogP contribution in [0, 0.1) is 11.8 Å². The maximum atomic E-state index is 6.00. The molecule has 2 rings (SSSR count). The van der Waals surface area contributed by atoms with E-state index in [2.05, 4.69) is 12.2 Å². The molecule has 3 N–H and O–H groups in total. The van der Waals surface area contributed by atoms with Crippen molar-refractivity contribution in [3.63, 3.8) is 0 Å². The summed E-state index contributed by atoms with van der Waals surface area (Å²) in [6, 6.07) is 0.514. The van der Waals surface area contributed by atoms with Crippen LogP contribution in [-0.2, 0) is 0 Å². The third-order valence-corrected chi connectivity index (χ3v) is 3.24. The first-order valence-electron chi connectivity index (χ1n) is 3.86. The summed E-state index contributed by atoms with van der Waals surface area (Å²) in [6.45, 7) is 2.24. The second-order valence-electron chi connectivity index (χ2n) is 3.53. The van der Waals surface area contributed by atoms with Gasteiger partial charge in [-0.05, 0) is 18.3 Å². The Hall–Kier alpha value is 0.500. The smallest absolute Gasteiger partial charge is 0.0551 e. The monoisotopic (exact) mass is 196 g/mol. The lowest BCUT2D eigenvalue weighted by Crippen LogP contribution is -2.44. The first-order valence-corrected chi connectivity index (χ1v) is 4.29. The van der Waals surface area contributed by atoms with Crippen molar-refractivity contribution in [1.29, 1.82) is 0 Å². The molecule has 0 amide bonds. The molecular formula is C7H14Cl2N2. The lowest BCUT2D eigenvalue weighted by Gasteiger charge is -2.23. The molecule has 11 heavy (non-hydrogen) atoms. The summed E-state index contributed by atoms with van der Waals surface area (Å²) in [5.41, 5.74) is 5.73. The van der Waals surface area contributed by atoms with E-state index in [0.717, 1.165) is 6.42 Å². The molecule has 2 aliphatic rings. The van der Waals surface area contributed by atoms with E-state index in [1.54, 1.807) is 0 Å². The van der Waals surface area contributed by atoms with Gasteiger partial charge in [0.1, 0.15) is 0 Å². The van der Waals surface area contributed by atoms with Crippen molar-refractivity contribution in [2.45, 2.75) is 30.9 Å². The minimum atomic E-state index is 0. The molecule has 1 saturated heterocycles. The number of rotatable bonds is 0. The Kier molecular flexibility index (Phi) is 2.70. The van der Waals surface area contributed by atoms with Gasteiger partial charge >= 0.3 is 0 Å². The van der Waals surface area contributed by atoms with Crippen LogP contribution in [0.15, 0.2) is 0 Å². The van der Waals surface area contributed by atoms with Crippen molar-refractivity contribution in [2.24, 2.45) is 17.6 Å². The fourth-order valence-electron chi connectivity index (χ4n) is 2.04. The van der Waals surface area contributed by atoms with E-state index in [0.29, 0.717) is 23.3 Å². The van der Waals surface area contributed by atoms with Crippen LogP contribution in [0.1, 0.15) is 13.3 Å². The Morgan fingerprint density at radius 1 is 1.55 bits per heavy atom. The molecule has 1 heterocycles. The number of hydrogen-bond donors (Lipinski definition) is 2. The van der Waals surface area contributed by atoms with Crippen molar-refractivity contribution in [3.8, 4) is 0 Å². The van der Waals surface area contributed by atoms with Gasteiger partial charge in [-0.15, -0.1) is 24.0 Å². The number of alkyl halides is 1. The van der Waals surface area contributed by atoms with Gasteiger partial charge in [-0.3, -0.25) is 5.32 Å². The van der Waals surface area contributed by atoms with Crippen LogP contribution >= 0.6 is 24.0 Å². The van der Waals surface area contributed by atoms with Crippen molar-refractivity contribution in [1.82, 2.24) is 5.32 Å². The third-order valence-electron chi connectivity index (χ3n) is 2.67. The maximum Gasteiger partial charge on any atom is 0.0551 e. The zero-order valence-electron chi connectivity index (χ0n) is 6.46. The molecule has 0 spiro atoms. The Balaban J connectivity index is 0.000000605. The van der Waals surface area contributed by atoms with Crippen LogP contribution in [0.5, 0.6) is 0 Å². The molecule has 2 nitrogen and oxygen atoms in total. The van der Waals surface area contributed by atoms with Gasteiger partial charge in [0.2, 0.25) is 0 Å². The topological polar surface area (TPSA) is 38.0 Å². The van der Waals surface area contributed by atoms with Crippen molar-refractivity contribution < 1.29 is 0 Å². The third kappa shape index (κ3) is 1.50. The Bertz CT molecular complexity index is 145. The van der Waals surface area contributed by atoms with Crippen molar-refractivity contribution >= 4 is 24.0 Å². The molecule has 1 saturated carbocycles. The average Bonchev–Trinajstić information content (AvgIpc) is 2.42. The number of hydrogen-bond acceptors (Lipinski definition) is 2. The van der Waals surface area contributed by atoms with E-state index < -0.39 is 0 Å². The molecule has 0 aromatic rings. The van der Waals surface area contributed by atoms with E-state index in [4.69, 9.17) is 17.3 Å². The van der Waals surface area contributed by atoms with E-state index in [1.807, 2.05) is 0 Å². The molecule has 1 aliphatic heterocycles. The van der Waals surface area contributed by atoms with Gasteiger partial charge in [0.15, 0.2) is 0 Å². The highest BCUT2D eigenvalue weighted by molar-refractivity contribution is 6.23. The Morgan fingerprint density at radius 2 is 2.18 bits per heavy atom. The molecule has 1 aliphatic carbocycles. The maximum absolute atomic E-state index is 6.00. The summed E-state index contributed by atoms with van der Waals surface area (Å²) >= 11 is 6.00. The first kappa shape index (κ1) is 9.59. The largest absolute Gasteiger partial charge is 0.316 e. The van der Waals surface area contributed by atoms with Gasteiger partial charge in [-0.25, -0.2) is 0 Å². The van der Waals surface area contributed by atoms with Gasteiger partial charge in [-0.2, -0.15) is 0 Å². The quantitative estimate of drug-likeness (QED) is 0.567. The van der Waals surface area contributed by atoms with Crippen LogP contribution in [-0.4, -0.2) is 17.6 Å². The van der Waals surface area contributed by atoms with Crippen molar-refractivity contribution in [3.05, 3.63) is 0 Å². The summed E-state index contributed by atoms with van der Waals surface area (Å²) in [5, 5.41) is 3.63. The molecule has 5 atom stereocenters. The molecule has 0 radical (unpaired) electrons. The highest BCUT2D eigenvalue weighted by Gasteiger charge is 2.54. The normalized spacial score (nSPS) is 54.3. The van der Waals surface area contributed by atoms with Crippen LogP contribution in [0.3, 0.4) is 0 Å². The van der Waals surface area contributed by atoms with E-state index in [9.17, 15) is 0 Å². The molecule has 0 bridgehead atoms. The predicted octanol–water partition coefficient (Wildman–Crippen LogP) is 0.928. The van der Waals surface area contributed by atoms with E-state index >= 15 is 0 Å². The first-order chi connectivity index (χ1) is 4.70. The van der Waals surface area contributed by atoms with Crippen LogP contribution < -0.4 is 11.1 Å². The van der Waals surface area contributed by atoms with Gasteiger partial charge < -0.3 is 5.73 Å². The molecule has 4 heteroatoms. The lowest BCUT2D eigenvalue weighted by molar-refractivity contribution is 0.313. The fraction of sp³-hybridized carbons (Fsp3) is 1.00. The van der Waals surface area contributed by atoms with E-state index in [1.165, 1.54) is 0 Å². The number of nitrogens with one attached hydrogen (secondary N) is 1. The van der Waals surface area contributed by atoms with Crippen LogP contribution in [0.25, 0.3) is 0 Å². The molecule has 2 fully saturated rings. The van der Waals surface area contributed by atoms with Gasteiger partial charge in [0.25, 0.3) is 0 Å². The zero-order chi connectivity index (χ0) is 7.30. The SMILES string of the molecule is C[C@H]1CC(N)N[C@@H]2[C@H](Cl)[C@@H]21.Cl. The van der Waals surface area contributed by atoms with Crippen LogP contribution in [0.4, 0.5) is 0 Å². The van der Waals surface area contributed by atoms with Crippen LogP contribution in [0.2, 0.25) is 0 Å². The summed E-state index contributed by atoms with van der Waals surface area (Å²) in [4.78, 5) is 0. The molecule has 0 aromatic heterocycles. The summed E-state index contributed by atoms with van der Waals surface area (Å²) in [6.07, 6.45) is 1.25. The number of nitrogens with two attached hydrogens (primary N) is 1. The second-order valence-corrected chi connectivity index (χ2v) is 4.04. The Labute approximate surface area is 78.3 Å². The standard InChI is InChI=1S/C7H13ClN2.ClH/c1-3-2-4(9)10-7-5(3)6(7)8;/h3-7,10H,2,9H2,1H3;1H/t3-,4?,5-,6+,7-;/m0./s1. The van der Waals surface area contributed by atoms with Gasteiger partial charge in [0.05, 0.1) is 11.5 Å². The number of piperidine rings is 1. The predicted molar refractivity (Wildman–Crippen MR) is 49.1 cm³/mol. The summed E-state index contributed by atoms with van der Waals surface area (Å²) in [5.74, 6) is 1.41. The Morgan fingerprint density at radius 3 is 2.73 bits per heavy atom. The fourth-order valence-corrected chi connectivity index (χ4v) is 2.60. The van der Waals surface area contributed by atoms with Crippen molar-refractivity contribution in [2.75, 3.05) is 0 Å². The summed E-state index contributed by atoms with van der Waals surface area (Å²) < 4.78 is 0. The minimum absolute atomic E-state index is 0. The highest BCUT2D eigenvalue weighted by atomic mass is 35.5. The number of fused-ring (bicyclic) bond motifs is 1. The minimum Gasteiger partial charge on any atom is -0.316 e. The average molecular weight is 197 g/mol. The number of halogens is 2. The summed E-state index contributed by atoms with van der Waals surface area (Å²) in [7, 11) is 0. The molecule has 1 unspecified atom stereocenters.